The van der Waals surface area contributed by atoms with Gasteiger partial charge in [0.15, 0.2) is 0 Å². The first-order valence-electron chi connectivity index (χ1n) is 6.88. The molecule has 0 saturated heterocycles. The van der Waals surface area contributed by atoms with Gasteiger partial charge in [0.1, 0.15) is 29.7 Å². The van der Waals surface area contributed by atoms with Gasteiger partial charge in [0, 0.05) is 11.1 Å². The van der Waals surface area contributed by atoms with Crippen LogP contribution in [-0.2, 0) is 6.61 Å². The molecule has 0 fully saturated rings. The van der Waals surface area contributed by atoms with Crippen molar-refractivity contribution in [2.75, 3.05) is 0 Å². The van der Waals surface area contributed by atoms with Gasteiger partial charge in [-0.05, 0) is 43.4 Å². The smallest absolute Gasteiger partial charge is 0.216 e. The van der Waals surface area contributed by atoms with Crippen molar-refractivity contribution >= 4 is 41.6 Å². The van der Waals surface area contributed by atoms with Crippen LogP contribution in [-0.4, -0.2) is 21.1 Å². The standard InChI is InChI=1S/C15H12Cl2N4O2S/c1-9-19-20-15(24)21(9)18-7-11-3-4-12(23-11)8-22-14-6-10(16)2-5-13(14)17/h2-7H,8H2,1H3,(H,20,24). The van der Waals surface area contributed by atoms with Crippen LogP contribution in [0.3, 0.4) is 0 Å². The Bertz CT molecular complexity index is 945. The normalized spacial score (nSPS) is 11.3. The highest BCUT2D eigenvalue weighted by Gasteiger charge is 2.06. The van der Waals surface area contributed by atoms with E-state index in [1.165, 1.54) is 4.68 Å². The molecule has 124 valence electrons. The van der Waals surface area contributed by atoms with Gasteiger partial charge in [0.25, 0.3) is 0 Å². The number of nitrogens with zero attached hydrogens (tertiary/aromatic N) is 3. The zero-order chi connectivity index (χ0) is 17.1. The summed E-state index contributed by atoms with van der Waals surface area (Å²) >= 11 is 17.0. The lowest BCUT2D eigenvalue weighted by Gasteiger charge is -2.06. The molecule has 1 N–H and O–H groups in total. The second kappa shape index (κ2) is 7.21. The van der Waals surface area contributed by atoms with E-state index < -0.39 is 0 Å². The van der Waals surface area contributed by atoms with Crippen LogP contribution in [0.1, 0.15) is 17.3 Å². The predicted molar refractivity (Wildman–Crippen MR) is 94.6 cm³/mol. The Labute approximate surface area is 152 Å². The molecule has 0 aliphatic carbocycles. The van der Waals surface area contributed by atoms with Crippen molar-refractivity contribution in [3.63, 3.8) is 0 Å². The van der Waals surface area contributed by atoms with Gasteiger partial charge in [0.2, 0.25) is 4.77 Å². The van der Waals surface area contributed by atoms with Crippen molar-refractivity contribution in [2.45, 2.75) is 13.5 Å². The first kappa shape index (κ1) is 16.8. The van der Waals surface area contributed by atoms with E-state index in [9.17, 15) is 0 Å². The summed E-state index contributed by atoms with van der Waals surface area (Å²) in [5.41, 5.74) is 0. The second-order valence-electron chi connectivity index (χ2n) is 4.80. The molecule has 2 heterocycles. The number of hydrogen-bond donors (Lipinski definition) is 1. The highest BCUT2D eigenvalue weighted by molar-refractivity contribution is 7.71. The van der Waals surface area contributed by atoms with Gasteiger partial charge in [-0.3, -0.25) is 5.10 Å². The third-order valence-corrected chi connectivity index (χ3v) is 3.87. The van der Waals surface area contributed by atoms with Crippen molar-refractivity contribution in [1.29, 1.82) is 0 Å². The molecule has 0 aliphatic heterocycles. The summed E-state index contributed by atoms with van der Waals surface area (Å²) in [6.45, 7) is 2.01. The van der Waals surface area contributed by atoms with E-state index in [1.807, 2.05) is 0 Å². The molecular formula is C15H12Cl2N4O2S. The van der Waals surface area contributed by atoms with E-state index in [2.05, 4.69) is 15.3 Å². The maximum Gasteiger partial charge on any atom is 0.216 e. The molecule has 0 atom stereocenters. The zero-order valence-electron chi connectivity index (χ0n) is 12.5. The quantitative estimate of drug-likeness (QED) is 0.516. The van der Waals surface area contributed by atoms with E-state index in [0.717, 1.165) is 0 Å². The number of halogens is 2. The number of hydrogen-bond acceptors (Lipinski definition) is 5. The van der Waals surface area contributed by atoms with Crippen molar-refractivity contribution in [3.8, 4) is 5.75 Å². The molecule has 0 aliphatic rings. The molecule has 6 nitrogen and oxygen atoms in total. The summed E-state index contributed by atoms with van der Waals surface area (Å²) in [6.07, 6.45) is 1.55. The minimum absolute atomic E-state index is 0.220. The fraction of sp³-hybridized carbons (Fsp3) is 0.133. The number of aromatic amines is 1. The van der Waals surface area contributed by atoms with Crippen molar-refractivity contribution in [2.24, 2.45) is 5.10 Å². The summed E-state index contributed by atoms with van der Waals surface area (Å²) in [4.78, 5) is 0. The number of nitrogens with one attached hydrogen (secondary N) is 1. The number of aryl methyl sites for hydroxylation is 1. The average Bonchev–Trinajstić information content (AvgIpc) is 3.13. The molecule has 0 radical (unpaired) electrons. The zero-order valence-corrected chi connectivity index (χ0v) is 14.8. The lowest BCUT2D eigenvalue weighted by Crippen LogP contribution is -1.95. The lowest BCUT2D eigenvalue weighted by atomic mass is 10.3. The van der Waals surface area contributed by atoms with Gasteiger partial charge in [-0.2, -0.15) is 14.9 Å². The van der Waals surface area contributed by atoms with Crippen LogP contribution in [0.4, 0.5) is 0 Å². The lowest BCUT2D eigenvalue weighted by molar-refractivity contribution is 0.270. The number of benzene rings is 1. The minimum Gasteiger partial charge on any atom is -0.484 e. The molecule has 2 aromatic heterocycles. The first-order valence-corrected chi connectivity index (χ1v) is 8.04. The largest absolute Gasteiger partial charge is 0.484 e. The van der Waals surface area contributed by atoms with Crippen molar-refractivity contribution in [3.05, 3.63) is 62.5 Å². The van der Waals surface area contributed by atoms with E-state index in [0.29, 0.717) is 37.9 Å². The van der Waals surface area contributed by atoms with Crippen LogP contribution >= 0.6 is 35.4 Å². The van der Waals surface area contributed by atoms with Gasteiger partial charge in [-0.1, -0.05) is 23.2 Å². The topological polar surface area (TPSA) is 68.3 Å². The van der Waals surface area contributed by atoms with Crippen LogP contribution < -0.4 is 4.74 Å². The number of furan rings is 1. The molecular weight excluding hydrogens is 371 g/mol. The van der Waals surface area contributed by atoms with Gasteiger partial charge in [0.05, 0.1) is 11.2 Å². The first-order chi connectivity index (χ1) is 11.5. The Morgan fingerprint density at radius 1 is 1.38 bits per heavy atom. The van der Waals surface area contributed by atoms with Gasteiger partial charge in [-0.25, -0.2) is 0 Å². The molecule has 1 aromatic carbocycles. The number of rotatable bonds is 5. The van der Waals surface area contributed by atoms with Gasteiger partial charge in [-0.15, -0.1) is 0 Å². The summed E-state index contributed by atoms with van der Waals surface area (Å²) in [6, 6.07) is 8.60. The molecule has 0 amide bonds. The van der Waals surface area contributed by atoms with Crippen LogP contribution in [0.15, 0.2) is 39.9 Å². The highest BCUT2D eigenvalue weighted by atomic mass is 35.5. The molecule has 3 aromatic rings. The fourth-order valence-electron chi connectivity index (χ4n) is 1.90. The van der Waals surface area contributed by atoms with Gasteiger partial charge >= 0.3 is 0 Å². The van der Waals surface area contributed by atoms with E-state index in [-0.39, 0.29) is 6.61 Å². The number of H-pyrrole nitrogens is 1. The third kappa shape index (κ3) is 3.87. The Balaban J connectivity index is 1.68. The van der Waals surface area contributed by atoms with Gasteiger partial charge < -0.3 is 9.15 Å². The maximum absolute atomic E-state index is 6.05. The summed E-state index contributed by atoms with van der Waals surface area (Å²) in [5.74, 6) is 2.34. The molecule has 24 heavy (non-hydrogen) atoms. The SMILES string of the molecule is Cc1n[nH]c(=S)n1N=Cc1ccc(COc2cc(Cl)ccc2Cl)o1. The van der Waals surface area contributed by atoms with E-state index in [4.69, 9.17) is 44.6 Å². The monoisotopic (exact) mass is 382 g/mol. The minimum atomic E-state index is 0.220. The third-order valence-electron chi connectivity index (χ3n) is 3.06. The van der Waals surface area contributed by atoms with Crippen LogP contribution in [0.5, 0.6) is 5.75 Å². The van der Waals surface area contributed by atoms with Crippen molar-refractivity contribution < 1.29 is 9.15 Å². The predicted octanol–water partition coefficient (Wildman–Crippen LogP) is 4.61. The fourth-order valence-corrected chi connectivity index (χ4v) is 2.46. The van der Waals surface area contributed by atoms with E-state index >= 15 is 0 Å². The average molecular weight is 383 g/mol. The molecule has 0 saturated carbocycles. The summed E-state index contributed by atoms with van der Waals surface area (Å²) in [7, 11) is 0. The molecule has 9 heteroatoms. The number of ether oxygens (including phenoxy) is 1. The van der Waals surface area contributed by atoms with Crippen molar-refractivity contribution in [1.82, 2.24) is 14.9 Å². The number of aromatic nitrogens is 3. The Morgan fingerprint density at radius 3 is 2.96 bits per heavy atom. The molecule has 0 unspecified atom stereocenters. The maximum atomic E-state index is 6.05. The van der Waals surface area contributed by atoms with Crippen LogP contribution in [0.25, 0.3) is 0 Å². The Kier molecular flexibility index (Phi) is 5.03. The molecule has 3 rings (SSSR count). The Morgan fingerprint density at radius 2 is 2.21 bits per heavy atom. The Hall–Kier alpha value is -2.09. The second-order valence-corrected chi connectivity index (χ2v) is 6.03. The van der Waals surface area contributed by atoms with E-state index in [1.54, 1.807) is 43.5 Å². The molecule has 0 bridgehead atoms. The summed E-state index contributed by atoms with van der Waals surface area (Å²) in [5, 5.41) is 11.9. The molecule has 0 spiro atoms. The van der Waals surface area contributed by atoms with Crippen LogP contribution in [0, 0.1) is 11.7 Å². The van der Waals surface area contributed by atoms with Crippen LogP contribution in [0.2, 0.25) is 10.0 Å². The highest BCUT2D eigenvalue weighted by Crippen LogP contribution is 2.28. The summed E-state index contributed by atoms with van der Waals surface area (Å²) < 4.78 is 13.2.